The molecule has 0 spiro atoms. The summed E-state index contributed by atoms with van der Waals surface area (Å²) in [7, 11) is -0.680. The highest BCUT2D eigenvalue weighted by atomic mass is 32.2. The number of nitrogens with zero attached hydrogens (tertiary/aromatic N) is 1. The van der Waals surface area contributed by atoms with E-state index in [4.69, 9.17) is 10.5 Å². The number of anilines is 1. The predicted octanol–water partition coefficient (Wildman–Crippen LogP) is 2.62. The van der Waals surface area contributed by atoms with E-state index in [1.165, 1.54) is 20.2 Å². The van der Waals surface area contributed by atoms with Gasteiger partial charge in [0.25, 0.3) is 0 Å². The van der Waals surface area contributed by atoms with Gasteiger partial charge in [-0.3, -0.25) is 0 Å². The topological polar surface area (TPSA) is 72.6 Å². The van der Waals surface area contributed by atoms with Crippen LogP contribution >= 0.6 is 0 Å². The summed E-state index contributed by atoms with van der Waals surface area (Å²) in [4.78, 5) is 0.0390. The van der Waals surface area contributed by atoms with Crippen LogP contribution in [0.5, 0.6) is 11.5 Å². The van der Waals surface area contributed by atoms with E-state index in [0.717, 1.165) is 9.87 Å². The molecule has 0 bridgehead atoms. The Kier molecular flexibility index (Phi) is 4.20. The third kappa shape index (κ3) is 3.17. The van der Waals surface area contributed by atoms with Crippen LogP contribution in [0.15, 0.2) is 47.4 Å². The number of benzene rings is 2. The minimum absolute atomic E-state index is 0.0390. The fourth-order valence-electron chi connectivity index (χ4n) is 1.77. The Labute approximate surface area is 125 Å². The van der Waals surface area contributed by atoms with E-state index in [-0.39, 0.29) is 10.6 Å². The summed E-state index contributed by atoms with van der Waals surface area (Å²) in [5.74, 6) is 0.925. The number of rotatable bonds is 4. The number of sulfonamides is 1. The molecule has 0 aliphatic rings. The van der Waals surface area contributed by atoms with Gasteiger partial charge in [0.15, 0.2) is 5.75 Å². The van der Waals surface area contributed by atoms with Crippen LogP contribution in [0.25, 0.3) is 0 Å². The van der Waals surface area contributed by atoms with Crippen LogP contribution in [0.3, 0.4) is 0 Å². The maximum absolute atomic E-state index is 12.2. The lowest BCUT2D eigenvalue weighted by Crippen LogP contribution is -2.23. The molecule has 5 nitrogen and oxygen atoms in total. The molecule has 0 saturated carbocycles. The number of hydrogen-bond acceptors (Lipinski definition) is 4. The van der Waals surface area contributed by atoms with Gasteiger partial charge in [0.2, 0.25) is 10.0 Å². The molecule has 6 heteroatoms. The summed E-state index contributed by atoms with van der Waals surface area (Å²) < 4.78 is 31.2. The van der Waals surface area contributed by atoms with Crippen molar-refractivity contribution in [3.8, 4) is 11.5 Å². The quantitative estimate of drug-likeness (QED) is 0.881. The Balaban J connectivity index is 2.41. The summed E-state index contributed by atoms with van der Waals surface area (Å²) in [5.41, 5.74) is 7.17. The van der Waals surface area contributed by atoms with Gasteiger partial charge in [-0.25, -0.2) is 12.7 Å². The molecule has 2 N–H and O–H groups in total. The van der Waals surface area contributed by atoms with Crippen molar-refractivity contribution in [2.24, 2.45) is 0 Å². The molecule has 2 aromatic rings. The van der Waals surface area contributed by atoms with Gasteiger partial charge in [0.1, 0.15) is 10.6 Å². The van der Waals surface area contributed by atoms with Crippen molar-refractivity contribution >= 4 is 15.7 Å². The SMILES string of the molecule is Cc1ccc(Oc2cccc(S(=O)(=O)N(C)C)c2N)cc1. The van der Waals surface area contributed by atoms with Gasteiger partial charge in [0, 0.05) is 14.1 Å². The standard InChI is InChI=1S/C15H18N2O3S/c1-11-7-9-12(10-8-11)20-13-5-4-6-14(15(13)16)21(18,19)17(2)3/h4-10H,16H2,1-3H3. The van der Waals surface area contributed by atoms with Crippen LogP contribution in [0.1, 0.15) is 5.56 Å². The highest BCUT2D eigenvalue weighted by molar-refractivity contribution is 7.89. The molecule has 0 fully saturated rings. The molecule has 0 amide bonds. The van der Waals surface area contributed by atoms with Crippen LogP contribution in [0.2, 0.25) is 0 Å². The molecular formula is C15H18N2O3S. The minimum Gasteiger partial charge on any atom is -0.455 e. The second-order valence-electron chi connectivity index (χ2n) is 4.87. The summed E-state index contributed by atoms with van der Waals surface area (Å²) in [6.45, 7) is 1.97. The van der Waals surface area contributed by atoms with Crippen molar-refractivity contribution in [2.75, 3.05) is 19.8 Å². The predicted molar refractivity (Wildman–Crippen MR) is 83.0 cm³/mol. The van der Waals surface area contributed by atoms with Crippen molar-refractivity contribution in [1.29, 1.82) is 0 Å². The van der Waals surface area contributed by atoms with Gasteiger partial charge in [-0.2, -0.15) is 0 Å². The molecule has 0 unspecified atom stereocenters. The van der Waals surface area contributed by atoms with Crippen molar-refractivity contribution in [1.82, 2.24) is 4.31 Å². The molecule has 2 aromatic carbocycles. The van der Waals surface area contributed by atoms with Crippen LogP contribution < -0.4 is 10.5 Å². The molecule has 2 rings (SSSR count). The van der Waals surface area contributed by atoms with Gasteiger partial charge in [-0.05, 0) is 31.2 Å². The zero-order valence-corrected chi connectivity index (χ0v) is 13.0. The van der Waals surface area contributed by atoms with Gasteiger partial charge >= 0.3 is 0 Å². The van der Waals surface area contributed by atoms with Crippen molar-refractivity contribution in [3.63, 3.8) is 0 Å². The largest absolute Gasteiger partial charge is 0.455 e. The van der Waals surface area contributed by atoms with Crippen LogP contribution in [0, 0.1) is 6.92 Å². The van der Waals surface area contributed by atoms with Crippen molar-refractivity contribution in [2.45, 2.75) is 11.8 Å². The third-order valence-corrected chi connectivity index (χ3v) is 4.91. The lowest BCUT2D eigenvalue weighted by Gasteiger charge is -2.15. The molecule has 0 saturated heterocycles. The first kappa shape index (κ1) is 15.3. The van der Waals surface area contributed by atoms with E-state index in [2.05, 4.69) is 0 Å². The number of para-hydroxylation sites is 1. The summed E-state index contributed by atoms with van der Waals surface area (Å²) in [5, 5.41) is 0. The number of nitrogen functional groups attached to an aromatic ring is 1. The smallest absolute Gasteiger partial charge is 0.244 e. The Morgan fingerprint density at radius 2 is 1.67 bits per heavy atom. The summed E-state index contributed by atoms with van der Waals surface area (Å²) in [6, 6.07) is 12.1. The highest BCUT2D eigenvalue weighted by Crippen LogP contribution is 2.33. The zero-order valence-electron chi connectivity index (χ0n) is 12.2. The third-order valence-electron chi connectivity index (χ3n) is 3.03. The monoisotopic (exact) mass is 306 g/mol. The van der Waals surface area contributed by atoms with E-state index in [0.29, 0.717) is 11.5 Å². The van der Waals surface area contributed by atoms with Gasteiger partial charge in [-0.15, -0.1) is 0 Å². The van der Waals surface area contributed by atoms with E-state index in [9.17, 15) is 8.42 Å². The molecule has 0 aliphatic heterocycles. The molecule has 0 radical (unpaired) electrons. The number of nitrogens with two attached hydrogens (primary N) is 1. The number of ether oxygens (including phenoxy) is 1. The molecule has 0 aliphatic carbocycles. The van der Waals surface area contributed by atoms with E-state index in [1.807, 2.05) is 31.2 Å². The second kappa shape index (κ2) is 5.75. The Hall–Kier alpha value is -2.05. The number of aryl methyl sites for hydroxylation is 1. The Bertz CT molecular complexity index is 738. The fraction of sp³-hybridized carbons (Fsp3) is 0.200. The van der Waals surface area contributed by atoms with Crippen LogP contribution in [0.4, 0.5) is 5.69 Å². The first-order chi connectivity index (χ1) is 9.82. The van der Waals surface area contributed by atoms with Crippen LogP contribution in [-0.2, 0) is 10.0 Å². The molecule has 112 valence electrons. The average Bonchev–Trinajstić information content (AvgIpc) is 2.43. The molecule has 0 heterocycles. The van der Waals surface area contributed by atoms with Gasteiger partial charge in [0.05, 0.1) is 5.69 Å². The molecule has 21 heavy (non-hydrogen) atoms. The minimum atomic E-state index is -3.60. The second-order valence-corrected chi connectivity index (χ2v) is 6.99. The zero-order chi connectivity index (χ0) is 15.6. The average molecular weight is 306 g/mol. The summed E-state index contributed by atoms with van der Waals surface area (Å²) >= 11 is 0. The fourth-order valence-corrected chi connectivity index (χ4v) is 2.79. The van der Waals surface area contributed by atoms with Crippen LogP contribution in [-0.4, -0.2) is 26.8 Å². The molecule has 0 atom stereocenters. The maximum Gasteiger partial charge on any atom is 0.244 e. The molecule has 0 aromatic heterocycles. The number of hydrogen-bond donors (Lipinski definition) is 1. The first-order valence-corrected chi connectivity index (χ1v) is 7.82. The normalized spacial score (nSPS) is 11.6. The van der Waals surface area contributed by atoms with E-state index in [1.54, 1.807) is 12.1 Å². The van der Waals surface area contributed by atoms with Gasteiger partial charge in [-0.1, -0.05) is 23.8 Å². The Morgan fingerprint density at radius 3 is 2.24 bits per heavy atom. The lowest BCUT2D eigenvalue weighted by molar-refractivity contribution is 0.482. The first-order valence-electron chi connectivity index (χ1n) is 6.38. The van der Waals surface area contributed by atoms with Crippen molar-refractivity contribution < 1.29 is 13.2 Å². The van der Waals surface area contributed by atoms with Gasteiger partial charge < -0.3 is 10.5 Å². The van der Waals surface area contributed by atoms with E-state index >= 15 is 0 Å². The van der Waals surface area contributed by atoms with E-state index < -0.39 is 10.0 Å². The Morgan fingerprint density at radius 1 is 1.05 bits per heavy atom. The molecular weight excluding hydrogens is 288 g/mol. The maximum atomic E-state index is 12.2. The summed E-state index contributed by atoms with van der Waals surface area (Å²) in [6.07, 6.45) is 0. The highest BCUT2D eigenvalue weighted by Gasteiger charge is 2.22. The van der Waals surface area contributed by atoms with Crippen molar-refractivity contribution in [3.05, 3.63) is 48.0 Å². The lowest BCUT2D eigenvalue weighted by atomic mass is 10.2.